The summed E-state index contributed by atoms with van der Waals surface area (Å²) in [6.07, 6.45) is 1.28. The molecule has 28 heavy (non-hydrogen) atoms. The fraction of sp³-hybridized carbons (Fsp3) is 0.500. The van der Waals surface area contributed by atoms with E-state index in [0.717, 1.165) is 44.7 Å². The molecule has 0 saturated heterocycles. The standard InChI is InChI=1S/C20H24F3N3O2/c1-2-11-27-16-10-6-7-14(12-16)25-19-24-13-17(20(21,22)23)18(26-19)28-15-8-4-3-5-9-15/h6-7,10,12-13,15H,2-5,8-9,11H2,1H3,(H,24,25,26). The van der Waals surface area contributed by atoms with Crippen molar-refractivity contribution in [1.82, 2.24) is 9.97 Å². The maximum atomic E-state index is 13.3. The summed E-state index contributed by atoms with van der Waals surface area (Å²) in [5.74, 6) is 0.291. The number of nitrogens with zero attached hydrogens (tertiary/aromatic N) is 2. The smallest absolute Gasteiger partial charge is 0.423 e. The Kier molecular flexibility index (Phi) is 6.59. The van der Waals surface area contributed by atoms with Crippen LogP contribution < -0.4 is 14.8 Å². The lowest BCUT2D eigenvalue weighted by Gasteiger charge is -2.24. The lowest BCUT2D eigenvalue weighted by atomic mass is 9.98. The van der Waals surface area contributed by atoms with E-state index in [9.17, 15) is 13.2 Å². The number of benzene rings is 1. The van der Waals surface area contributed by atoms with E-state index in [1.54, 1.807) is 18.2 Å². The van der Waals surface area contributed by atoms with Crippen LogP contribution in [-0.4, -0.2) is 22.7 Å². The average Bonchev–Trinajstić information content (AvgIpc) is 2.67. The zero-order chi connectivity index (χ0) is 20.0. The fourth-order valence-corrected chi connectivity index (χ4v) is 3.06. The Hall–Kier alpha value is -2.51. The second-order valence-corrected chi connectivity index (χ2v) is 6.79. The molecule has 0 spiro atoms. The van der Waals surface area contributed by atoms with Crippen LogP contribution in [-0.2, 0) is 6.18 Å². The van der Waals surface area contributed by atoms with E-state index in [4.69, 9.17) is 9.47 Å². The second kappa shape index (κ2) is 9.12. The summed E-state index contributed by atoms with van der Waals surface area (Å²) in [6.45, 7) is 2.59. The molecule has 152 valence electrons. The molecule has 1 N–H and O–H groups in total. The van der Waals surface area contributed by atoms with Crippen LogP contribution in [0.25, 0.3) is 0 Å². The van der Waals surface area contributed by atoms with E-state index in [0.29, 0.717) is 18.0 Å². The molecule has 5 nitrogen and oxygen atoms in total. The van der Waals surface area contributed by atoms with Crippen LogP contribution in [0, 0.1) is 0 Å². The second-order valence-electron chi connectivity index (χ2n) is 6.79. The van der Waals surface area contributed by atoms with Gasteiger partial charge >= 0.3 is 6.18 Å². The van der Waals surface area contributed by atoms with E-state index in [2.05, 4.69) is 15.3 Å². The van der Waals surface area contributed by atoms with Crippen molar-refractivity contribution in [2.45, 2.75) is 57.7 Å². The topological polar surface area (TPSA) is 56.3 Å². The van der Waals surface area contributed by atoms with Crippen molar-refractivity contribution in [3.8, 4) is 11.6 Å². The molecule has 0 radical (unpaired) electrons. The summed E-state index contributed by atoms with van der Waals surface area (Å²) < 4.78 is 51.2. The summed E-state index contributed by atoms with van der Waals surface area (Å²) in [7, 11) is 0. The Morgan fingerprint density at radius 2 is 1.96 bits per heavy atom. The molecule has 1 saturated carbocycles. The first-order valence-electron chi connectivity index (χ1n) is 9.56. The van der Waals surface area contributed by atoms with Gasteiger partial charge in [0, 0.05) is 18.0 Å². The summed E-state index contributed by atoms with van der Waals surface area (Å²) >= 11 is 0. The van der Waals surface area contributed by atoms with Crippen LogP contribution in [0.2, 0.25) is 0 Å². The van der Waals surface area contributed by atoms with E-state index in [1.165, 1.54) is 0 Å². The third-order valence-corrected chi connectivity index (χ3v) is 4.45. The van der Waals surface area contributed by atoms with Gasteiger partial charge in [-0.15, -0.1) is 0 Å². The van der Waals surface area contributed by atoms with Crippen LogP contribution in [0.5, 0.6) is 11.6 Å². The van der Waals surface area contributed by atoms with E-state index in [-0.39, 0.29) is 12.1 Å². The predicted octanol–water partition coefficient (Wildman–Crippen LogP) is 5.74. The summed E-state index contributed by atoms with van der Waals surface area (Å²) in [5, 5.41) is 2.93. The molecule has 1 fully saturated rings. The highest BCUT2D eigenvalue weighted by Crippen LogP contribution is 2.37. The molecule has 0 aliphatic heterocycles. The fourth-order valence-electron chi connectivity index (χ4n) is 3.06. The zero-order valence-electron chi connectivity index (χ0n) is 15.8. The van der Waals surface area contributed by atoms with Gasteiger partial charge in [-0.1, -0.05) is 19.4 Å². The molecule has 0 atom stereocenters. The molecule has 8 heteroatoms. The maximum absolute atomic E-state index is 13.3. The molecular weight excluding hydrogens is 371 g/mol. The molecule has 0 amide bonds. The van der Waals surface area contributed by atoms with Crippen molar-refractivity contribution in [2.75, 3.05) is 11.9 Å². The minimum absolute atomic E-state index is 0.0476. The molecule has 1 aromatic heterocycles. The van der Waals surface area contributed by atoms with Gasteiger partial charge in [0.05, 0.1) is 6.61 Å². The van der Waals surface area contributed by atoms with E-state index < -0.39 is 17.6 Å². The molecule has 2 aromatic rings. The first kappa shape index (κ1) is 20.2. The first-order valence-corrected chi connectivity index (χ1v) is 9.56. The van der Waals surface area contributed by atoms with Crippen LogP contribution in [0.15, 0.2) is 30.5 Å². The van der Waals surface area contributed by atoms with Crippen LogP contribution in [0.4, 0.5) is 24.8 Å². The van der Waals surface area contributed by atoms with Crippen molar-refractivity contribution in [2.24, 2.45) is 0 Å². The van der Waals surface area contributed by atoms with Crippen LogP contribution >= 0.6 is 0 Å². The molecule has 1 aliphatic rings. The SMILES string of the molecule is CCCOc1cccc(Nc2ncc(C(F)(F)F)c(OC3CCCCC3)n2)c1. The number of rotatable bonds is 7. The van der Waals surface area contributed by atoms with Crippen molar-refractivity contribution in [1.29, 1.82) is 0 Å². The van der Waals surface area contributed by atoms with E-state index in [1.807, 2.05) is 13.0 Å². The quantitative estimate of drug-likeness (QED) is 0.648. The number of aromatic nitrogens is 2. The number of anilines is 2. The van der Waals surface area contributed by atoms with Gasteiger partial charge < -0.3 is 14.8 Å². The summed E-state index contributed by atoms with van der Waals surface area (Å²) in [4.78, 5) is 7.84. The van der Waals surface area contributed by atoms with Gasteiger partial charge in [0.15, 0.2) is 0 Å². The van der Waals surface area contributed by atoms with Crippen molar-refractivity contribution in [3.63, 3.8) is 0 Å². The third-order valence-electron chi connectivity index (χ3n) is 4.45. The van der Waals surface area contributed by atoms with Gasteiger partial charge in [-0.2, -0.15) is 18.2 Å². The van der Waals surface area contributed by atoms with Crippen molar-refractivity contribution in [3.05, 3.63) is 36.0 Å². The highest BCUT2D eigenvalue weighted by Gasteiger charge is 2.37. The molecule has 0 unspecified atom stereocenters. The Morgan fingerprint density at radius 3 is 2.68 bits per heavy atom. The van der Waals surface area contributed by atoms with E-state index >= 15 is 0 Å². The minimum atomic E-state index is -4.57. The number of hydrogen-bond acceptors (Lipinski definition) is 5. The van der Waals surface area contributed by atoms with Gasteiger partial charge in [-0.25, -0.2) is 4.98 Å². The highest BCUT2D eigenvalue weighted by molar-refractivity contribution is 5.56. The largest absolute Gasteiger partial charge is 0.494 e. The summed E-state index contributed by atoms with van der Waals surface area (Å²) in [5.41, 5.74) is -0.333. The molecule has 0 bridgehead atoms. The van der Waals surface area contributed by atoms with Gasteiger partial charge in [0.1, 0.15) is 17.4 Å². The lowest BCUT2D eigenvalue weighted by Crippen LogP contribution is -2.22. The van der Waals surface area contributed by atoms with Crippen LogP contribution in [0.3, 0.4) is 0 Å². The Balaban J connectivity index is 1.80. The highest BCUT2D eigenvalue weighted by atomic mass is 19.4. The monoisotopic (exact) mass is 395 g/mol. The normalized spacial score (nSPS) is 15.3. The number of alkyl halides is 3. The van der Waals surface area contributed by atoms with Gasteiger partial charge in [-0.05, 0) is 44.2 Å². The lowest BCUT2D eigenvalue weighted by molar-refractivity contribution is -0.140. The number of ether oxygens (including phenoxy) is 2. The first-order chi connectivity index (χ1) is 13.5. The Morgan fingerprint density at radius 1 is 1.18 bits per heavy atom. The molecule has 1 aromatic carbocycles. The van der Waals surface area contributed by atoms with Gasteiger partial charge in [0.25, 0.3) is 0 Å². The molecule has 3 rings (SSSR count). The molecule has 1 aliphatic carbocycles. The number of nitrogens with one attached hydrogen (secondary N) is 1. The van der Waals surface area contributed by atoms with Crippen molar-refractivity contribution >= 4 is 11.6 Å². The van der Waals surface area contributed by atoms with Crippen LogP contribution in [0.1, 0.15) is 51.0 Å². The van der Waals surface area contributed by atoms with Crippen molar-refractivity contribution < 1.29 is 22.6 Å². The predicted molar refractivity (Wildman–Crippen MR) is 100 cm³/mol. The number of hydrogen-bond donors (Lipinski definition) is 1. The Bertz CT molecular complexity index is 778. The maximum Gasteiger partial charge on any atom is 0.423 e. The number of halogens is 3. The minimum Gasteiger partial charge on any atom is -0.494 e. The summed E-state index contributed by atoms with van der Waals surface area (Å²) in [6, 6.07) is 7.11. The molecular formula is C20H24F3N3O2. The van der Waals surface area contributed by atoms with Gasteiger partial charge in [-0.3, -0.25) is 0 Å². The third kappa shape index (κ3) is 5.50. The zero-order valence-corrected chi connectivity index (χ0v) is 15.8. The Labute approximate surface area is 162 Å². The molecule has 1 heterocycles. The van der Waals surface area contributed by atoms with Gasteiger partial charge in [0.2, 0.25) is 11.8 Å². The average molecular weight is 395 g/mol.